The van der Waals surface area contributed by atoms with Crippen LogP contribution in [0.2, 0.25) is 0 Å². The number of carbonyl (C=O) groups is 6. The molecule has 14 heteroatoms. The van der Waals surface area contributed by atoms with Crippen molar-refractivity contribution in [2.24, 2.45) is 0 Å². The van der Waals surface area contributed by atoms with Gasteiger partial charge in [0.1, 0.15) is 11.8 Å². The van der Waals surface area contributed by atoms with Gasteiger partial charge in [0.05, 0.1) is 38.8 Å². The highest BCUT2D eigenvalue weighted by Gasteiger charge is 2.23. The molecule has 0 aliphatic rings. The van der Waals surface area contributed by atoms with E-state index in [1.165, 1.54) is 14.0 Å². The Morgan fingerprint density at radius 2 is 1.19 bits per heavy atom. The SMILES string of the molecule is CC.CNC(CS)C(=O)NC(CO)C(=O)NCC(=O)NCC(=O)NCC(=O)NCC(C)=O. The van der Waals surface area contributed by atoms with Crippen molar-refractivity contribution in [3.05, 3.63) is 0 Å². The van der Waals surface area contributed by atoms with Gasteiger partial charge in [0, 0.05) is 5.75 Å². The number of amides is 5. The van der Waals surface area contributed by atoms with Crippen molar-refractivity contribution in [3.8, 4) is 0 Å². The number of aliphatic hydroxyl groups is 1. The van der Waals surface area contributed by atoms with Crippen molar-refractivity contribution >= 4 is 47.9 Å². The highest BCUT2D eigenvalue weighted by atomic mass is 32.1. The van der Waals surface area contributed by atoms with E-state index in [1.807, 2.05) is 13.8 Å². The molecular formula is C18H34N6O7S. The molecule has 32 heavy (non-hydrogen) atoms. The van der Waals surface area contributed by atoms with E-state index in [1.54, 1.807) is 0 Å². The normalized spacial score (nSPS) is 11.6. The third-order valence-electron chi connectivity index (χ3n) is 3.51. The van der Waals surface area contributed by atoms with Gasteiger partial charge in [-0.1, -0.05) is 13.8 Å². The summed E-state index contributed by atoms with van der Waals surface area (Å²) >= 11 is 3.98. The van der Waals surface area contributed by atoms with Gasteiger partial charge in [-0.05, 0) is 14.0 Å². The minimum atomic E-state index is -1.27. The zero-order chi connectivity index (χ0) is 25.1. The van der Waals surface area contributed by atoms with Crippen LogP contribution in [0, 0.1) is 0 Å². The van der Waals surface area contributed by atoms with E-state index in [0.717, 1.165) is 0 Å². The molecule has 0 radical (unpaired) electrons. The van der Waals surface area contributed by atoms with Gasteiger partial charge < -0.3 is 37.0 Å². The fourth-order valence-corrected chi connectivity index (χ4v) is 2.18. The molecule has 0 aromatic rings. The van der Waals surface area contributed by atoms with Crippen LogP contribution >= 0.6 is 12.6 Å². The standard InChI is InChI=1S/C16H28N6O7S.C2H6/c1-9(24)3-18-12(25)4-19-13(26)5-20-14(27)6-21-15(28)10(7-23)22-16(29)11(8-30)17-2;1-2/h10-11,17,23,30H,3-8H2,1-2H3,(H,18,25)(H,19,26)(H,20,27)(H,21,28)(H,22,29);1-2H3. The van der Waals surface area contributed by atoms with Crippen molar-refractivity contribution in [2.75, 3.05) is 45.6 Å². The summed E-state index contributed by atoms with van der Waals surface area (Å²) in [4.78, 5) is 69.2. The maximum absolute atomic E-state index is 12.0. The second kappa shape index (κ2) is 19.0. The topological polar surface area (TPSA) is 195 Å². The maximum atomic E-state index is 12.0. The number of hydrogen-bond acceptors (Lipinski definition) is 9. The van der Waals surface area contributed by atoms with Crippen molar-refractivity contribution in [2.45, 2.75) is 32.9 Å². The molecule has 0 fully saturated rings. The summed E-state index contributed by atoms with van der Waals surface area (Å²) in [6.07, 6.45) is 0. The quantitative estimate of drug-likeness (QED) is 0.116. The van der Waals surface area contributed by atoms with Crippen molar-refractivity contribution in [3.63, 3.8) is 0 Å². The lowest BCUT2D eigenvalue weighted by molar-refractivity contribution is -0.132. The molecule has 0 aromatic heterocycles. The fraction of sp³-hybridized carbons (Fsp3) is 0.667. The molecule has 184 valence electrons. The first-order valence-corrected chi connectivity index (χ1v) is 10.5. The summed E-state index contributed by atoms with van der Waals surface area (Å²) in [7, 11) is 1.54. The number of nitrogens with one attached hydrogen (secondary N) is 6. The van der Waals surface area contributed by atoms with E-state index in [4.69, 9.17) is 0 Å². The molecule has 0 heterocycles. The minimum Gasteiger partial charge on any atom is -0.394 e. The van der Waals surface area contributed by atoms with Gasteiger partial charge in [-0.2, -0.15) is 12.6 Å². The lowest BCUT2D eigenvalue weighted by atomic mass is 10.2. The lowest BCUT2D eigenvalue weighted by Crippen LogP contribution is -2.55. The van der Waals surface area contributed by atoms with Crippen LogP contribution in [-0.4, -0.2) is 98.1 Å². The molecule has 2 unspecified atom stereocenters. The summed E-state index contributed by atoms with van der Waals surface area (Å²) in [5.41, 5.74) is 0. The second-order valence-corrected chi connectivity index (χ2v) is 6.38. The monoisotopic (exact) mass is 478 g/mol. The zero-order valence-corrected chi connectivity index (χ0v) is 19.6. The number of hydrogen-bond donors (Lipinski definition) is 8. The number of likely N-dealkylation sites (N-methyl/N-ethyl adjacent to an activating group) is 1. The van der Waals surface area contributed by atoms with Crippen LogP contribution < -0.4 is 31.9 Å². The van der Waals surface area contributed by atoms with Gasteiger partial charge in [-0.3, -0.25) is 28.8 Å². The first-order chi connectivity index (χ1) is 15.1. The van der Waals surface area contributed by atoms with E-state index in [9.17, 15) is 33.9 Å². The smallest absolute Gasteiger partial charge is 0.245 e. The number of Topliss-reactive ketones (excluding diaryl/α,β-unsaturated/α-hetero) is 1. The number of ketones is 1. The average Bonchev–Trinajstić information content (AvgIpc) is 2.78. The summed E-state index contributed by atoms with van der Waals surface area (Å²) in [6, 6.07) is -1.93. The van der Waals surface area contributed by atoms with E-state index < -0.39 is 61.3 Å². The largest absolute Gasteiger partial charge is 0.394 e. The van der Waals surface area contributed by atoms with Crippen LogP contribution in [0.3, 0.4) is 0 Å². The molecule has 5 amide bonds. The molecule has 0 aliphatic carbocycles. The van der Waals surface area contributed by atoms with Crippen LogP contribution in [0.5, 0.6) is 0 Å². The van der Waals surface area contributed by atoms with Crippen molar-refractivity contribution in [1.29, 1.82) is 0 Å². The lowest BCUT2D eigenvalue weighted by Gasteiger charge is -2.19. The van der Waals surface area contributed by atoms with E-state index in [0.29, 0.717) is 0 Å². The predicted molar refractivity (Wildman–Crippen MR) is 120 cm³/mol. The average molecular weight is 479 g/mol. The highest BCUT2D eigenvalue weighted by molar-refractivity contribution is 7.80. The molecule has 13 nitrogen and oxygen atoms in total. The second-order valence-electron chi connectivity index (χ2n) is 6.02. The Labute approximate surface area is 192 Å². The van der Waals surface area contributed by atoms with E-state index in [2.05, 4.69) is 44.5 Å². The minimum absolute atomic E-state index is 0.148. The molecule has 0 aliphatic heterocycles. The van der Waals surface area contributed by atoms with Crippen molar-refractivity contribution < 1.29 is 33.9 Å². The summed E-state index contributed by atoms with van der Waals surface area (Å²) in [6.45, 7) is 3.16. The van der Waals surface area contributed by atoms with Crippen LogP contribution in [-0.2, 0) is 28.8 Å². The number of carbonyl (C=O) groups excluding carboxylic acids is 6. The molecular weight excluding hydrogens is 444 g/mol. The van der Waals surface area contributed by atoms with E-state index >= 15 is 0 Å². The van der Waals surface area contributed by atoms with Crippen LogP contribution in [0.25, 0.3) is 0 Å². The first kappa shape index (κ1) is 31.5. The predicted octanol–water partition coefficient (Wildman–Crippen LogP) is -3.94. The Morgan fingerprint density at radius 3 is 1.56 bits per heavy atom. The van der Waals surface area contributed by atoms with E-state index in [-0.39, 0.29) is 24.6 Å². The van der Waals surface area contributed by atoms with Gasteiger partial charge in [0.25, 0.3) is 0 Å². The first-order valence-electron chi connectivity index (χ1n) is 9.91. The molecule has 0 saturated heterocycles. The van der Waals surface area contributed by atoms with Gasteiger partial charge in [-0.25, -0.2) is 0 Å². The molecule has 0 bridgehead atoms. The molecule has 0 saturated carbocycles. The highest BCUT2D eigenvalue weighted by Crippen LogP contribution is 1.91. The van der Waals surface area contributed by atoms with Crippen LogP contribution in [0.1, 0.15) is 20.8 Å². The summed E-state index contributed by atoms with van der Waals surface area (Å²) in [5, 5.41) is 23.2. The van der Waals surface area contributed by atoms with Crippen LogP contribution in [0.4, 0.5) is 0 Å². The Bertz CT molecular complexity index is 643. The summed E-state index contributed by atoms with van der Waals surface area (Å²) < 4.78 is 0. The fourth-order valence-electron chi connectivity index (χ4n) is 1.83. The molecule has 7 N–H and O–H groups in total. The summed E-state index contributed by atoms with van der Waals surface area (Å²) in [5.74, 6) is -3.32. The molecule has 0 spiro atoms. The van der Waals surface area contributed by atoms with Crippen LogP contribution in [0.15, 0.2) is 0 Å². The number of rotatable bonds is 14. The van der Waals surface area contributed by atoms with Gasteiger partial charge in [-0.15, -0.1) is 0 Å². The Kier molecular flexibility index (Phi) is 18.7. The Balaban J connectivity index is 0. The van der Waals surface area contributed by atoms with Gasteiger partial charge in [0.2, 0.25) is 29.5 Å². The Morgan fingerprint density at radius 1 is 0.750 bits per heavy atom. The van der Waals surface area contributed by atoms with Gasteiger partial charge >= 0.3 is 0 Å². The van der Waals surface area contributed by atoms with Gasteiger partial charge in [0.15, 0.2) is 0 Å². The third-order valence-corrected chi connectivity index (χ3v) is 3.88. The Hall–Kier alpha value is -2.71. The number of aliphatic hydroxyl groups excluding tert-OH is 1. The molecule has 0 aromatic carbocycles. The maximum Gasteiger partial charge on any atom is 0.245 e. The molecule has 0 rings (SSSR count). The zero-order valence-electron chi connectivity index (χ0n) is 18.7. The third kappa shape index (κ3) is 15.1. The number of thiol groups is 1. The molecule has 2 atom stereocenters. The van der Waals surface area contributed by atoms with Crippen molar-refractivity contribution in [1.82, 2.24) is 31.9 Å².